The Kier molecular flexibility index (Phi) is 7.99. The number of nitriles is 1. The summed E-state index contributed by atoms with van der Waals surface area (Å²) in [6, 6.07) is 7.60. The lowest BCUT2D eigenvalue weighted by atomic mass is 10.1. The number of aromatic nitrogens is 1. The highest BCUT2D eigenvalue weighted by atomic mass is 79.9. The number of nitrogens with one attached hydrogen (secondary N) is 1. The van der Waals surface area contributed by atoms with Crippen molar-refractivity contribution in [3.63, 3.8) is 0 Å². The first kappa shape index (κ1) is 21.4. The number of nitrogens with zero attached hydrogens (tertiary/aromatic N) is 3. The van der Waals surface area contributed by atoms with E-state index < -0.39 is 0 Å². The van der Waals surface area contributed by atoms with E-state index in [0.717, 1.165) is 21.3 Å². The van der Waals surface area contributed by atoms with Gasteiger partial charge in [-0.2, -0.15) is 10.4 Å². The Hall–Kier alpha value is -2.89. The second-order valence-electron chi connectivity index (χ2n) is 5.69. The van der Waals surface area contributed by atoms with Gasteiger partial charge in [-0.15, -0.1) is 0 Å². The van der Waals surface area contributed by atoms with E-state index in [1.54, 1.807) is 32.6 Å². The van der Waals surface area contributed by atoms with Gasteiger partial charge in [0.25, 0.3) is 0 Å². The van der Waals surface area contributed by atoms with Crippen molar-refractivity contribution in [2.24, 2.45) is 5.10 Å². The van der Waals surface area contributed by atoms with Crippen LogP contribution in [0.25, 0.3) is 0 Å². The molecule has 0 bridgehead atoms. The topological polar surface area (TPSA) is 88.8 Å². The zero-order valence-electron chi connectivity index (χ0n) is 16.0. The van der Waals surface area contributed by atoms with Gasteiger partial charge in [-0.05, 0) is 46.6 Å². The summed E-state index contributed by atoms with van der Waals surface area (Å²) >= 11 is 3.47. The fraction of sp³-hybridized carbons (Fsp3) is 0.250. The molecular formula is C20H21BrN4O3. The fourth-order valence-electron chi connectivity index (χ4n) is 2.48. The van der Waals surface area contributed by atoms with Gasteiger partial charge < -0.3 is 14.2 Å². The molecule has 0 radical (unpaired) electrons. The number of pyridine rings is 1. The molecule has 8 heteroatoms. The number of methoxy groups -OCH3 is 2. The number of halogens is 1. The first-order chi connectivity index (χ1) is 13.5. The zero-order valence-corrected chi connectivity index (χ0v) is 17.5. The van der Waals surface area contributed by atoms with Crippen molar-refractivity contribution in [3.05, 3.63) is 57.7 Å². The van der Waals surface area contributed by atoms with Gasteiger partial charge >= 0.3 is 0 Å². The molecule has 0 spiro atoms. The predicted molar refractivity (Wildman–Crippen MR) is 112 cm³/mol. The summed E-state index contributed by atoms with van der Waals surface area (Å²) < 4.78 is 16.9. The second kappa shape index (κ2) is 10.4. The Morgan fingerprint density at radius 3 is 2.79 bits per heavy atom. The number of benzene rings is 1. The molecule has 0 saturated carbocycles. The third-order valence-electron chi connectivity index (χ3n) is 3.62. The van der Waals surface area contributed by atoms with Gasteiger partial charge in [-0.25, -0.2) is 4.98 Å². The van der Waals surface area contributed by atoms with Gasteiger partial charge in [0.2, 0.25) is 0 Å². The van der Waals surface area contributed by atoms with Crippen molar-refractivity contribution in [1.29, 1.82) is 5.26 Å². The maximum atomic E-state index is 9.46. The van der Waals surface area contributed by atoms with Gasteiger partial charge in [0, 0.05) is 18.4 Å². The lowest BCUT2D eigenvalue weighted by Gasteiger charge is -2.12. The van der Waals surface area contributed by atoms with Crippen molar-refractivity contribution >= 4 is 28.0 Å². The minimum Gasteiger partial charge on any atom is -0.493 e. The highest BCUT2D eigenvalue weighted by Crippen LogP contribution is 2.36. The molecule has 28 heavy (non-hydrogen) atoms. The molecule has 0 aliphatic carbocycles. The van der Waals surface area contributed by atoms with Crippen LogP contribution in [0.1, 0.15) is 22.4 Å². The third kappa shape index (κ3) is 5.31. The summed E-state index contributed by atoms with van der Waals surface area (Å²) in [7, 11) is 3.14. The van der Waals surface area contributed by atoms with Crippen LogP contribution in [-0.4, -0.2) is 32.0 Å². The van der Waals surface area contributed by atoms with E-state index in [1.165, 1.54) is 0 Å². The average molecular weight is 445 g/mol. The van der Waals surface area contributed by atoms with Gasteiger partial charge in [0.15, 0.2) is 17.3 Å². The summed E-state index contributed by atoms with van der Waals surface area (Å²) in [5.74, 6) is 1.53. The second-order valence-corrected chi connectivity index (χ2v) is 6.55. The maximum Gasteiger partial charge on any atom is 0.175 e. The van der Waals surface area contributed by atoms with Crippen LogP contribution < -0.4 is 14.9 Å². The molecule has 0 atom stereocenters. The predicted octanol–water partition coefficient (Wildman–Crippen LogP) is 4.19. The molecule has 7 nitrogen and oxygen atoms in total. The SMILES string of the molecule is C=CCOc1c(Br)cc(C=NNc2nc(C)cc(COC)c2C#N)cc1OC. The van der Waals surface area contributed by atoms with Crippen molar-refractivity contribution in [3.8, 4) is 17.6 Å². The Balaban J connectivity index is 2.27. The standard InChI is InChI=1S/C20H21BrN4O3/c1-5-6-28-19-17(21)8-14(9-18(19)27-4)11-23-25-20-16(10-22)15(12-26-3)7-13(2)24-20/h5,7-9,11H,1,6,12H2,2-4H3,(H,24,25). The fourth-order valence-corrected chi connectivity index (χ4v) is 3.05. The molecule has 1 heterocycles. The third-order valence-corrected chi connectivity index (χ3v) is 4.21. The molecule has 1 aromatic carbocycles. The van der Waals surface area contributed by atoms with E-state index in [9.17, 15) is 5.26 Å². The Morgan fingerprint density at radius 1 is 1.36 bits per heavy atom. The van der Waals surface area contributed by atoms with Crippen LogP contribution in [-0.2, 0) is 11.3 Å². The van der Waals surface area contributed by atoms with Crippen molar-refractivity contribution in [2.75, 3.05) is 26.3 Å². The molecular weight excluding hydrogens is 424 g/mol. The van der Waals surface area contributed by atoms with Crippen LogP contribution in [0.5, 0.6) is 11.5 Å². The molecule has 2 aromatic rings. The minimum absolute atomic E-state index is 0.320. The molecule has 0 aliphatic rings. The first-order valence-electron chi connectivity index (χ1n) is 8.33. The van der Waals surface area contributed by atoms with E-state index in [1.807, 2.05) is 19.1 Å². The first-order valence-corrected chi connectivity index (χ1v) is 9.13. The lowest BCUT2D eigenvalue weighted by Crippen LogP contribution is -2.03. The number of ether oxygens (including phenoxy) is 3. The van der Waals surface area contributed by atoms with Crippen LogP contribution in [0.4, 0.5) is 5.82 Å². The number of hydrogen-bond acceptors (Lipinski definition) is 7. The highest BCUT2D eigenvalue weighted by molar-refractivity contribution is 9.10. The van der Waals surface area contributed by atoms with Crippen LogP contribution in [0.15, 0.2) is 40.4 Å². The molecule has 0 amide bonds. The van der Waals surface area contributed by atoms with Gasteiger partial charge in [0.1, 0.15) is 18.2 Å². The highest BCUT2D eigenvalue weighted by Gasteiger charge is 2.12. The number of rotatable bonds is 9. The Labute approximate surface area is 172 Å². The zero-order chi connectivity index (χ0) is 20.5. The van der Waals surface area contributed by atoms with Crippen LogP contribution in [0, 0.1) is 18.3 Å². The Bertz CT molecular complexity index is 923. The van der Waals surface area contributed by atoms with Crippen molar-refractivity contribution in [1.82, 2.24) is 4.98 Å². The van der Waals surface area contributed by atoms with Crippen LogP contribution in [0.3, 0.4) is 0 Å². The lowest BCUT2D eigenvalue weighted by molar-refractivity contribution is 0.184. The van der Waals surface area contributed by atoms with E-state index >= 15 is 0 Å². The van der Waals surface area contributed by atoms with E-state index in [0.29, 0.717) is 36.1 Å². The van der Waals surface area contributed by atoms with Crippen molar-refractivity contribution in [2.45, 2.75) is 13.5 Å². The molecule has 0 unspecified atom stereocenters. The number of hydrazone groups is 1. The summed E-state index contributed by atoms with van der Waals surface area (Å²) in [4.78, 5) is 4.35. The summed E-state index contributed by atoms with van der Waals surface area (Å²) in [5.41, 5.74) is 5.52. The monoisotopic (exact) mass is 444 g/mol. The minimum atomic E-state index is 0.320. The normalized spacial score (nSPS) is 10.5. The maximum absolute atomic E-state index is 9.46. The van der Waals surface area contributed by atoms with E-state index in [2.05, 4.69) is 44.1 Å². The van der Waals surface area contributed by atoms with E-state index in [-0.39, 0.29) is 0 Å². The summed E-state index contributed by atoms with van der Waals surface area (Å²) in [6.07, 6.45) is 3.26. The molecule has 1 N–H and O–H groups in total. The molecule has 0 aliphatic heterocycles. The van der Waals surface area contributed by atoms with Gasteiger partial charge in [0.05, 0.1) is 24.4 Å². The number of hydrogen-bond donors (Lipinski definition) is 1. The number of aryl methyl sites for hydroxylation is 1. The van der Waals surface area contributed by atoms with E-state index in [4.69, 9.17) is 14.2 Å². The van der Waals surface area contributed by atoms with Crippen LogP contribution >= 0.6 is 15.9 Å². The quantitative estimate of drug-likeness (QED) is 0.354. The van der Waals surface area contributed by atoms with Gasteiger partial charge in [-0.3, -0.25) is 5.43 Å². The summed E-state index contributed by atoms with van der Waals surface area (Å²) in [5, 5.41) is 13.7. The largest absolute Gasteiger partial charge is 0.493 e. The van der Waals surface area contributed by atoms with Gasteiger partial charge in [-0.1, -0.05) is 12.7 Å². The molecule has 0 saturated heterocycles. The number of anilines is 1. The molecule has 2 rings (SSSR count). The molecule has 0 fully saturated rings. The molecule has 146 valence electrons. The average Bonchev–Trinajstić information content (AvgIpc) is 2.67. The van der Waals surface area contributed by atoms with Crippen molar-refractivity contribution < 1.29 is 14.2 Å². The smallest absolute Gasteiger partial charge is 0.175 e. The Morgan fingerprint density at radius 2 is 2.14 bits per heavy atom. The molecule has 1 aromatic heterocycles. The summed E-state index contributed by atoms with van der Waals surface area (Å²) in [6.45, 7) is 6.17. The van der Waals surface area contributed by atoms with Crippen LogP contribution in [0.2, 0.25) is 0 Å².